The van der Waals surface area contributed by atoms with Crippen LogP contribution in [0.2, 0.25) is 0 Å². The van der Waals surface area contributed by atoms with Gasteiger partial charge in [-0.05, 0) is 42.5 Å². The summed E-state index contributed by atoms with van der Waals surface area (Å²) < 4.78 is 24.2. The predicted molar refractivity (Wildman–Crippen MR) is 149 cm³/mol. The molecule has 3 N–H and O–H groups in total. The van der Waals surface area contributed by atoms with Crippen LogP contribution in [0.1, 0.15) is 71.7 Å². The quantitative estimate of drug-likeness (QED) is 0.273. The SMILES string of the molecule is CC(=O)O[C@@H]1C2=C(C)[C@@H](O)C[C@@](O)(C(OC(=O)c3ccccc3)C3[C@@](C)([C@@H](C)C[C@H]4OC[C@@]34OC(C)=O)[C@H]1O)C2(C)C. The molecule has 10 heteroatoms. The van der Waals surface area contributed by atoms with Gasteiger partial charge in [0.25, 0.3) is 0 Å². The van der Waals surface area contributed by atoms with E-state index in [0.29, 0.717) is 17.6 Å². The van der Waals surface area contributed by atoms with Crippen LogP contribution >= 0.6 is 0 Å². The molecule has 2 unspecified atom stereocenters. The Balaban J connectivity index is 1.83. The molecule has 2 bridgehead atoms. The van der Waals surface area contributed by atoms with E-state index in [1.807, 2.05) is 6.92 Å². The lowest BCUT2D eigenvalue weighted by atomic mass is 9.43. The Morgan fingerprint density at radius 2 is 1.64 bits per heavy atom. The molecule has 0 amide bonds. The maximum atomic E-state index is 13.8. The minimum Gasteiger partial charge on any atom is -0.455 e. The fourth-order valence-electron chi connectivity index (χ4n) is 8.46. The summed E-state index contributed by atoms with van der Waals surface area (Å²) in [4.78, 5) is 38.9. The molecule has 42 heavy (non-hydrogen) atoms. The number of aliphatic hydroxyl groups is 3. The van der Waals surface area contributed by atoms with Crippen LogP contribution in [-0.2, 0) is 28.5 Å². The van der Waals surface area contributed by atoms with Gasteiger partial charge in [0.05, 0.1) is 24.2 Å². The fraction of sp³-hybridized carbons (Fsp3) is 0.656. The van der Waals surface area contributed by atoms with E-state index in [-0.39, 0.29) is 24.5 Å². The molecule has 230 valence electrons. The Kier molecular flexibility index (Phi) is 7.41. The van der Waals surface area contributed by atoms with Crippen LogP contribution in [0, 0.1) is 22.7 Å². The lowest BCUT2D eigenvalue weighted by molar-refractivity contribution is -0.358. The van der Waals surface area contributed by atoms with E-state index in [1.165, 1.54) is 13.8 Å². The third-order valence-corrected chi connectivity index (χ3v) is 10.9. The zero-order valence-electron chi connectivity index (χ0n) is 25.2. The second-order valence-electron chi connectivity index (χ2n) is 13.4. The van der Waals surface area contributed by atoms with E-state index in [9.17, 15) is 29.7 Å². The first kappa shape index (κ1) is 30.7. The Bertz CT molecular complexity index is 1310. The van der Waals surface area contributed by atoms with Gasteiger partial charge in [-0.1, -0.05) is 45.9 Å². The van der Waals surface area contributed by atoms with Gasteiger partial charge >= 0.3 is 17.9 Å². The smallest absolute Gasteiger partial charge is 0.338 e. The van der Waals surface area contributed by atoms with Gasteiger partial charge in [0.1, 0.15) is 23.9 Å². The van der Waals surface area contributed by atoms with Gasteiger partial charge in [0, 0.05) is 31.1 Å². The second kappa shape index (κ2) is 10.1. The molecule has 1 aliphatic heterocycles. The normalized spacial score (nSPS) is 42.1. The highest BCUT2D eigenvalue weighted by Crippen LogP contribution is 2.66. The van der Waals surface area contributed by atoms with Crippen molar-refractivity contribution in [1.82, 2.24) is 0 Å². The minimum absolute atomic E-state index is 0.0463. The number of fused-ring (bicyclic) bond motifs is 5. The van der Waals surface area contributed by atoms with E-state index in [0.717, 1.165) is 0 Å². The van der Waals surface area contributed by atoms with Crippen LogP contribution in [0.25, 0.3) is 0 Å². The number of carbonyl (C=O) groups is 3. The molecular formula is C32H42O10. The molecule has 1 saturated heterocycles. The highest BCUT2D eigenvalue weighted by atomic mass is 16.6. The molecule has 1 aromatic carbocycles. The molecule has 10 atom stereocenters. The molecule has 10 nitrogen and oxygen atoms in total. The van der Waals surface area contributed by atoms with E-state index in [1.54, 1.807) is 58.0 Å². The first-order chi connectivity index (χ1) is 19.5. The summed E-state index contributed by atoms with van der Waals surface area (Å²) in [6.07, 6.45) is -5.64. The van der Waals surface area contributed by atoms with Crippen LogP contribution in [-0.4, -0.2) is 81.6 Å². The Labute approximate surface area is 246 Å². The third-order valence-electron chi connectivity index (χ3n) is 10.9. The van der Waals surface area contributed by atoms with Gasteiger partial charge in [0.2, 0.25) is 0 Å². The summed E-state index contributed by atoms with van der Waals surface area (Å²) >= 11 is 0. The van der Waals surface area contributed by atoms with Crippen LogP contribution in [0.3, 0.4) is 0 Å². The zero-order chi connectivity index (χ0) is 31.0. The summed E-state index contributed by atoms with van der Waals surface area (Å²) in [6, 6.07) is 8.34. The van der Waals surface area contributed by atoms with Crippen molar-refractivity contribution in [2.45, 2.75) is 103 Å². The molecule has 3 aliphatic carbocycles. The number of esters is 3. The van der Waals surface area contributed by atoms with Crippen molar-refractivity contribution in [2.75, 3.05) is 6.61 Å². The predicted octanol–water partition coefficient (Wildman–Crippen LogP) is 2.72. The zero-order valence-corrected chi connectivity index (χ0v) is 25.2. The molecule has 3 fully saturated rings. The topological polar surface area (TPSA) is 149 Å². The number of ether oxygens (including phenoxy) is 4. The van der Waals surface area contributed by atoms with Crippen LogP contribution in [0.5, 0.6) is 0 Å². The van der Waals surface area contributed by atoms with Crippen molar-refractivity contribution in [3.05, 3.63) is 47.0 Å². The Hall–Kier alpha value is -2.79. The van der Waals surface area contributed by atoms with Crippen molar-refractivity contribution < 1.29 is 48.7 Å². The number of carbonyl (C=O) groups excluding carboxylic acids is 3. The third kappa shape index (κ3) is 4.17. The van der Waals surface area contributed by atoms with Gasteiger partial charge in [0.15, 0.2) is 11.7 Å². The second-order valence-corrected chi connectivity index (χ2v) is 13.4. The van der Waals surface area contributed by atoms with Crippen LogP contribution in [0.4, 0.5) is 0 Å². The van der Waals surface area contributed by atoms with Gasteiger partial charge < -0.3 is 34.3 Å². The first-order valence-electron chi connectivity index (χ1n) is 14.6. The van der Waals surface area contributed by atoms with Crippen molar-refractivity contribution in [3.63, 3.8) is 0 Å². The molecule has 4 aliphatic rings. The first-order valence-corrected chi connectivity index (χ1v) is 14.6. The molecule has 1 aromatic rings. The van der Waals surface area contributed by atoms with Crippen LogP contribution < -0.4 is 0 Å². The summed E-state index contributed by atoms with van der Waals surface area (Å²) in [5.41, 5.74) is -4.78. The average Bonchev–Trinajstić information content (AvgIpc) is 2.90. The number of hydrogen-bond acceptors (Lipinski definition) is 10. The van der Waals surface area contributed by atoms with Crippen molar-refractivity contribution in [3.8, 4) is 0 Å². The van der Waals surface area contributed by atoms with E-state index < -0.39 is 76.4 Å². The average molecular weight is 587 g/mol. The largest absolute Gasteiger partial charge is 0.455 e. The monoisotopic (exact) mass is 586 g/mol. The molecular weight excluding hydrogens is 544 g/mol. The highest BCUT2D eigenvalue weighted by Gasteiger charge is 2.77. The van der Waals surface area contributed by atoms with E-state index in [2.05, 4.69) is 0 Å². The summed E-state index contributed by atoms with van der Waals surface area (Å²) in [5.74, 6) is -3.30. The minimum atomic E-state index is -1.96. The molecule has 0 aromatic heterocycles. The van der Waals surface area contributed by atoms with Gasteiger partial charge in [-0.25, -0.2) is 4.79 Å². The van der Waals surface area contributed by atoms with Crippen molar-refractivity contribution >= 4 is 17.9 Å². The summed E-state index contributed by atoms with van der Waals surface area (Å²) in [5, 5.41) is 36.8. The number of rotatable bonds is 4. The van der Waals surface area contributed by atoms with Crippen molar-refractivity contribution in [1.29, 1.82) is 0 Å². The molecule has 1 heterocycles. The Morgan fingerprint density at radius 3 is 2.19 bits per heavy atom. The van der Waals surface area contributed by atoms with Gasteiger partial charge in [-0.3, -0.25) is 9.59 Å². The molecule has 5 rings (SSSR count). The van der Waals surface area contributed by atoms with Crippen LogP contribution in [0.15, 0.2) is 41.5 Å². The summed E-state index contributed by atoms with van der Waals surface area (Å²) in [6.45, 7) is 11.3. The van der Waals surface area contributed by atoms with Gasteiger partial charge in [-0.15, -0.1) is 0 Å². The van der Waals surface area contributed by atoms with E-state index in [4.69, 9.17) is 18.9 Å². The lowest BCUT2D eigenvalue weighted by Crippen LogP contribution is -2.81. The lowest BCUT2D eigenvalue weighted by Gasteiger charge is -2.69. The highest BCUT2D eigenvalue weighted by molar-refractivity contribution is 5.89. The molecule has 2 saturated carbocycles. The van der Waals surface area contributed by atoms with Gasteiger partial charge in [-0.2, -0.15) is 0 Å². The van der Waals surface area contributed by atoms with Crippen molar-refractivity contribution in [2.24, 2.45) is 22.7 Å². The number of hydrogen-bond donors (Lipinski definition) is 3. The standard InChI is InChI=1S/C32H42O10/c1-16-13-22-31(15-39-22,42-19(4)34)25-27(41-28(37)20-11-9-8-10-12-20)32(38)14-21(35)17(2)23(29(32,5)6)24(40-18(3)33)26(36)30(16,25)7/h8-12,16,21-22,24-27,35-36,38H,13-15H2,1-7H3/t16-,21-,22+,24+,25?,26-,27?,30+,31-,32+/m0/s1. The number of benzene rings is 1. The fourth-order valence-corrected chi connectivity index (χ4v) is 8.46. The maximum Gasteiger partial charge on any atom is 0.338 e. The molecule has 0 radical (unpaired) electrons. The van der Waals surface area contributed by atoms with E-state index >= 15 is 0 Å². The maximum absolute atomic E-state index is 13.8. The Morgan fingerprint density at radius 1 is 1.00 bits per heavy atom. The summed E-state index contributed by atoms with van der Waals surface area (Å²) in [7, 11) is 0. The number of aliphatic hydroxyl groups excluding tert-OH is 2. The molecule has 0 spiro atoms.